The van der Waals surface area contributed by atoms with Crippen LogP contribution >= 0.6 is 0 Å². The lowest BCUT2D eigenvalue weighted by atomic mass is 9.98. The van der Waals surface area contributed by atoms with E-state index in [0.717, 1.165) is 39.1 Å². The van der Waals surface area contributed by atoms with E-state index < -0.39 is 0 Å². The Bertz CT molecular complexity index is 381. The normalized spacial score (nSPS) is 14.7. The molecular weight excluding hydrogens is 226 g/mol. The first-order chi connectivity index (χ1) is 8.86. The Balaban J connectivity index is 2.17. The van der Waals surface area contributed by atoms with E-state index in [4.69, 9.17) is 4.74 Å². The van der Waals surface area contributed by atoms with E-state index in [2.05, 4.69) is 21.3 Å². The molecular formula is C14H23N3O. The first-order valence-corrected chi connectivity index (χ1v) is 6.72. The molecule has 2 rings (SSSR count). The highest BCUT2D eigenvalue weighted by molar-refractivity contribution is 5.52. The molecule has 4 heteroatoms. The zero-order chi connectivity index (χ0) is 12.8. The minimum atomic E-state index is 0.785. The van der Waals surface area contributed by atoms with Crippen molar-refractivity contribution in [2.24, 2.45) is 0 Å². The quantitative estimate of drug-likeness (QED) is 0.823. The van der Waals surface area contributed by atoms with Gasteiger partial charge in [-0.2, -0.15) is 0 Å². The van der Waals surface area contributed by atoms with E-state index >= 15 is 0 Å². The highest BCUT2D eigenvalue weighted by Gasteiger charge is 2.19. The Morgan fingerprint density at radius 1 is 1.50 bits per heavy atom. The van der Waals surface area contributed by atoms with Crippen LogP contribution in [-0.2, 0) is 17.6 Å². The third-order valence-electron chi connectivity index (χ3n) is 3.49. The molecule has 18 heavy (non-hydrogen) atoms. The second-order valence-corrected chi connectivity index (χ2v) is 4.71. The maximum Gasteiger partial charge on any atom is 0.132 e. The Kier molecular flexibility index (Phi) is 4.96. The molecule has 1 N–H and O–H groups in total. The minimum Gasteiger partial charge on any atom is -0.384 e. The molecule has 1 aromatic rings. The monoisotopic (exact) mass is 249 g/mol. The lowest BCUT2D eigenvalue weighted by Gasteiger charge is -2.31. The molecule has 0 unspecified atom stereocenters. The van der Waals surface area contributed by atoms with Crippen LogP contribution in [-0.4, -0.2) is 45.4 Å². The fourth-order valence-corrected chi connectivity index (χ4v) is 2.53. The van der Waals surface area contributed by atoms with Crippen molar-refractivity contribution in [3.8, 4) is 0 Å². The molecule has 2 heterocycles. The van der Waals surface area contributed by atoms with Crippen molar-refractivity contribution in [1.29, 1.82) is 0 Å². The van der Waals surface area contributed by atoms with Crippen molar-refractivity contribution in [3.05, 3.63) is 23.4 Å². The van der Waals surface area contributed by atoms with Gasteiger partial charge < -0.3 is 15.0 Å². The predicted molar refractivity (Wildman–Crippen MR) is 74.3 cm³/mol. The summed E-state index contributed by atoms with van der Waals surface area (Å²) in [6.07, 6.45) is 5.30. The lowest BCUT2D eigenvalue weighted by molar-refractivity contribution is 0.202. The summed E-state index contributed by atoms with van der Waals surface area (Å²) in [6, 6.07) is 2.14. The summed E-state index contributed by atoms with van der Waals surface area (Å²) < 4.78 is 5.18. The number of hydrogen-bond acceptors (Lipinski definition) is 4. The zero-order valence-corrected chi connectivity index (χ0v) is 11.4. The third-order valence-corrected chi connectivity index (χ3v) is 3.49. The van der Waals surface area contributed by atoms with Gasteiger partial charge in [0.1, 0.15) is 5.82 Å². The summed E-state index contributed by atoms with van der Waals surface area (Å²) in [6.45, 7) is 3.94. The van der Waals surface area contributed by atoms with Gasteiger partial charge in [0.2, 0.25) is 0 Å². The van der Waals surface area contributed by atoms with Crippen LogP contribution in [0.25, 0.3) is 0 Å². The van der Waals surface area contributed by atoms with Gasteiger partial charge in [-0.3, -0.25) is 0 Å². The summed E-state index contributed by atoms with van der Waals surface area (Å²) in [5.41, 5.74) is 2.83. The molecule has 1 aliphatic heterocycles. The molecule has 0 amide bonds. The Hall–Kier alpha value is -1.13. The van der Waals surface area contributed by atoms with Gasteiger partial charge in [-0.25, -0.2) is 4.98 Å². The molecule has 0 spiro atoms. The lowest BCUT2D eigenvalue weighted by Crippen LogP contribution is -2.36. The number of nitrogens with one attached hydrogen (secondary N) is 1. The molecule has 4 nitrogen and oxygen atoms in total. The van der Waals surface area contributed by atoms with Crippen molar-refractivity contribution in [2.45, 2.75) is 19.3 Å². The maximum absolute atomic E-state index is 5.18. The molecule has 1 aliphatic rings. The van der Waals surface area contributed by atoms with Gasteiger partial charge in [-0.05, 0) is 43.5 Å². The number of aromatic nitrogens is 1. The molecule has 0 saturated heterocycles. The number of nitrogens with zero attached hydrogens (tertiary/aromatic N) is 2. The standard InChI is InChI=1S/C14H23N3O/c1-15-8-10-17-9-3-4-13-12(6-11-18-2)5-7-16-14(13)17/h5,7,15H,3-4,6,8-11H2,1-2H3. The van der Waals surface area contributed by atoms with E-state index in [0.29, 0.717) is 0 Å². The minimum absolute atomic E-state index is 0.785. The number of ether oxygens (including phenoxy) is 1. The van der Waals surface area contributed by atoms with Crippen LogP contribution < -0.4 is 10.2 Å². The van der Waals surface area contributed by atoms with E-state index in [1.165, 1.54) is 23.4 Å². The average molecular weight is 249 g/mol. The highest BCUT2D eigenvalue weighted by Crippen LogP contribution is 2.27. The fraction of sp³-hybridized carbons (Fsp3) is 0.643. The van der Waals surface area contributed by atoms with Gasteiger partial charge in [0.05, 0.1) is 6.61 Å². The topological polar surface area (TPSA) is 37.4 Å². The van der Waals surface area contributed by atoms with Crippen LogP contribution in [0.1, 0.15) is 17.5 Å². The molecule has 0 saturated carbocycles. The number of methoxy groups -OCH3 is 1. The van der Waals surface area contributed by atoms with Crippen molar-refractivity contribution >= 4 is 5.82 Å². The van der Waals surface area contributed by atoms with Crippen molar-refractivity contribution < 1.29 is 4.74 Å². The van der Waals surface area contributed by atoms with Crippen LogP contribution in [0.3, 0.4) is 0 Å². The smallest absolute Gasteiger partial charge is 0.132 e. The summed E-state index contributed by atoms with van der Waals surface area (Å²) in [7, 11) is 3.75. The molecule has 0 aromatic carbocycles. The van der Waals surface area contributed by atoms with Gasteiger partial charge in [0.25, 0.3) is 0 Å². The fourth-order valence-electron chi connectivity index (χ4n) is 2.53. The summed E-state index contributed by atoms with van der Waals surface area (Å²) in [5.74, 6) is 1.19. The Labute approximate surface area is 109 Å². The van der Waals surface area contributed by atoms with Crippen molar-refractivity contribution in [2.75, 3.05) is 45.3 Å². The summed E-state index contributed by atoms with van der Waals surface area (Å²) >= 11 is 0. The number of pyridine rings is 1. The first-order valence-electron chi connectivity index (χ1n) is 6.72. The Morgan fingerprint density at radius 2 is 2.39 bits per heavy atom. The molecule has 100 valence electrons. The molecule has 0 radical (unpaired) electrons. The maximum atomic E-state index is 5.18. The van der Waals surface area contributed by atoms with Crippen LogP contribution in [0, 0.1) is 0 Å². The number of hydrogen-bond donors (Lipinski definition) is 1. The number of rotatable bonds is 6. The predicted octanol–water partition coefficient (Wildman–Crippen LogP) is 1.24. The molecule has 0 bridgehead atoms. The second-order valence-electron chi connectivity index (χ2n) is 4.71. The van der Waals surface area contributed by atoms with Gasteiger partial charge >= 0.3 is 0 Å². The highest BCUT2D eigenvalue weighted by atomic mass is 16.5. The molecule has 1 aromatic heterocycles. The summed E-state index contributed by atoms with van der Waals surface area (Å²) in [4.78, 5) is 6.97. The van der Waals surface area contributed by atoms with E-state index in [1.54, 1.807) is 7.11 Å². The first kappa shape index (κ1) is 13.3. The molecule has 0 aliphatic carbocycles. The van der Waals surface area contributed by atoms with Crippen LogP contribution in [0.5, 0.6) is 0 Å². The van der Waals surface area contributed by atoms with E-state index in [-0.39, 0.29) is 0 Å². The molecule has 0 atom stereocenters. The summed E-state index contributed by atoms with van der Waals surface area (Å²) in [5, 5.41) is 3.21. The van der Waals surface area contributed by atoms with Crippen molar-refractivity contribution in [1.82, 2.24) is 10.3 Å². The average Bonchev–Trinajstić information content (AvgIpc) is 2.42. The van der Waals surface area contributed by atoms with Crippen LogP contribution in [0.2, 0.25) is 0 Å². The van der Waals surface area contributed by atoms with Gasteiger partial charge in [-0.15, -0.1) is 0 Å². The number of fused-ring (bicyclic) bond motifs is 1. The SMILES string of the molecule is CNCCN1CCCc2c(CCOC)ccnc21. The van der Waals surface area contributed by atoms with E-state index in [1.807, 2.05) is 13.2 Å². The van der Waals surface area contributed by atoms with E-state index in [9.17, 15) is 0 Å². The van der Waals surface area contributed by atoms with Gasteiger partial charge in [0.15, 0.2) is 0 Å². The number of likely N-dealkylation sites (N-methyl/N-ethyl adjacent to an activating group) is 1. The number of anilines is 1. The largest absolute Gasteiger partial charge is 0.384 e. The van der Waals surface area contributed by atoms with Crippen LogP contribution in [0.15, 0.2) is 12.3 Å². The second kappa shape index (κ2) is 6.71. The Morgan fingerprint density at radius 3 is 3.17 bits per heavy atom. The third kappa shape index (κ3) is 3.00. The van der Waals surface area contributed by atoms with Gasteiger partial charge in [-0.1, -0.05) is 0 Å². The van der Waals surface area contributed by atoms with Crippen molar-refractivity contribution in [3.63, 3.8) is 0 Å². The zero-order valence-electron chi connectivity index (χ0n) is 11.4. The van der Waals surface area contributed by atoms with Crippen LogP contribution in [0.4, 0.5) is 5.82 Å². The molecule has 0 fully saturated rings. The van der Waals surface area contributed by atoms with Gasteiger partial charge in [0, 0.05) is 32.9 Å².